The fourth-order valence-corrected chi connectivity index (χ4v) is 2.18. The summed E-state index contributed by atoms with van der Waals surface area (Å²) in [5, 5.41) is 5.20. The van der Waals surface area contributed by atoms with Crippen molar-refractivity contribution in [1.29, 1.82) is 0 Å². The Balaban J connectivity index is 2.49. The zero-order valence-corrected chi connectivity index (χ0v) is 14.0. The van der Waals surface area contributed by atoms with Crippen LogP contribution in [0.2, 0.25) is 0 Å². The van der Waals surface area contributed by atoms with Gasteiger partial charge >= 0.3 is 6.18 Å². The molecule has 0 saturated heterocycles. The van der Waals surface area contributed by atoms with Gasteiger partial charge in [0.2, 0.25) is 5.91 Å². The molecule has 1 aromatic carbocycles. The van der Waals surface area contributed by atoms with Crippen molar-refractivity contribution >= 4 is 11.8 Å². The van der Waals surface area contributed by atoms with E-state index >= 15 is 0 Å². The number of alkyl halides is 3. The highest BCUT2D eigenvalue weighted by Gasteiger charge is 2.30. The van der Waals surface area contributed by atoms with Crippen molar-refractivity contribution in [1.82, 2.24) is 10.6 Å². The first-order chi connectivity index (χ1) is 11.1. The van der Waals surface area contributed by atoms with Crippen LogP contribution in [0.25, 0.3) is 0 Å². The van der Waals surface area contributed by atoms with Gasteiger partial charge in [-0.3, -0.25) is 9.59 Å². The average Bonchev–Trinajstić information content (AvgIpc) is 2.46. The Morgan fingerprint density at radius 2 is 1.79 bits per heavy atom. The van der Waals surface area contributed by atoms with Gasteiger partial charge in [0, 0.05) is 12.1 Å². The molecule has 2 atom stereocenters. The fraction of sp³-hybridized carbons (Fsp3) is 0.500. The van der Waals surface area contributed by atoms with Gasteiger partial charge < -0.3 is 15.5 Å². The predicted molar refractivity (Wildman–Crippen MR) is 83.2 cm³/mol. The van der Waals surface area contributed by atoms with E-state index in [1.165, 1.54) is 12.1 Å². The topological polar surface area (TPSA) is 62.6 Å². The van der Waals surface area contributed by atoms with Gasteiger partial charge in [-0.05, 0) is 26.0 Å². The molecule has 0 heterocycles. The van der Waals surface area contributed by atoms with Crippen LogP contribution >= 0.6 is 0 Å². The normalized spacial score (nSPS) is 13.9. The molecule has 1 aromatic rings. The van der Waals surface area contributed by atoms with Crippen molar-refractivity contribution in [2.24, 2.45) is 0 Å². The summed E-state index contributed by atoms with van der Waals surface area (Å²) in [7, 11) is 1.76. The van der Waals surface area contributed by atoms with Crippen molar-refractivity contribution in [2.75, 3.05) is 20.1 Å². The molecule has 2 amide bonds. The van der Waals surface area contributed by atoms with Crippen LogP contribution in [0, 0.1) is 0 Å². The predicted octanol–water partition coefficient (Wildman–Crippen LogP) is 0.361. The molecule has 1 unspecified atom stereocenters. The first kappa shape index (κ1) is 20.0. The summed E-state index contributed by atoms with van der Waals surface area (Å²) in [6, 6.07) is 4.24. The van der Waals surface area contributed by atoms with Gasteiger partial charge in [-0.1, -0.05) is 12.1 Å². The molecule has 1 rings (SSSR count). The maximum Gasteiger partial charge on any atom is 0.416 e. The molecule has 0 aliphatic rings. The number of nitrogens with one attached hydrogen (secondary N) is 3. The van der Waals surface area contributed by atoms with E-state index in [0.29, 0.717) is 18.7 Å². The van der Waals surface area contributed by atoms with E-state index in [4.69, 9.17) is 0 Å². The molecule has 0 bridgehead atoms. The summed E-state index contributed by atoms with van der Waals surface area (Å²) >= 11 is 0. The molecule has 0 aliphatic carbocycles. The molecule has 5 nitrogen and oxygen atoms in total. The van der Waals surface area contributed by atoms with Crippen LogP contribution in [-0.4, -0.2) is 38.0 Å². The molecule has 3 N–H and O–H groups in total. The summed E-state index contributed by atoms with van der Waals surface area (Å²) in [5.41, 5.74) is 0.00230. The molecule has 0 fully saturated rings. The van der Waals surface area contributed by atoms with Crippen LogP contribution < -0.4 is 15.5 Å². The van der Waals surface area contributed by atoms with Crippen LogP contribution in [0.15, 0.2) is 24.3 Å². The summed E-state index contributed by atoms with van der Waals surface area (Å²) < 4.78 is 37.5. The van der Waals surface area contributed by atoms with Crippen molar-refractivity contribution in [3.05, 3.63) is 35.4 Å². The van der Waals surface area contributed by atoms with Crippen LogP contribution in [0.1, 0.15) is 25.0 Å². The van der Waals surface area contributed by atoms with Gasteiger partial charge in [-0.25, -0.2) is 0 Å². The first-order valence-electron chi connectivity index (χ1n) is 7.68. The SMILES string of the molecule is CCNC(=O)[C@@H](C)NC(=O)C[NH+](C)Cc1ccc(C(F)(F)F)cc1. The summed E-state index contributed by atoms with van der Waals surface area (Å²) in [5.74, 6) is -0.551. The van der Waals surface area contributed by atoms with Gasteiger partial charge in [-0.2, -0.15) is 13.2 Å². The highest BCUT2D eigenvalue weighted by Crippen LogP contribution is 2.28. The number of carbonyl (C=O) groups is 2. The summed E-state index contributed by atoms with van der Waals surface area (Å²) in [4.78, 5) is 24.2. The minimum atomic E-state index is -4.35. The number of hydrogen-bond acceptors (Lipinski definition) is 2. The molecular weight excluding hydrogens is 323 g/mol. The highest BCUT2D eigenvalue weighted by atomic mass is 19.4. The van der Waals surface area contributed by atoms with Crippen molar-refractivity contribution in [3.8, 4) is 0 Å². The number of carbonyl (C=O) groups excluding carboxylic acids is 2. The van der Waals surface area contributed by atoms with E-state index in [0.717, 1.165) is 17.0 Å². The highest BCUT2D eigenvalue weighted by molar-refractivity contribution is 5.87. The first-order valence-corrected chi connectivity index (χ1v) is 7.68. The Morgan fingerprint density at radius 3 is 2.29 bits per heavy atom. The number of benzene rings is 1. The largest absolute Gasteiger partial charge is 0.416 e. The monoisotopic (exact) mass is 346 g/mol. The van der Waals surface area contributed by atoms with Gasteiger partial charge in [-0.15, -0.1) is 0 Å². The molecule has 24 heavy (non-hydrogen) atoms. The third-order valence-corrected chi connectivity index (χ3v) is 3.37. The van der Waals surface area contributed by atoms with Crippen molar-refractivity contribution in [3.63, 3.8) is 0 Å². The summed E-state index contributed by atoms with van der Waals surface area (Å²) in [6.45, 7) is 4.38. The quantitative estimate of drug-likeness (QED) is 0.668. The number of amides is 2. The van der Waals surface area contributed by atoms with Gasteiger partial charge in [0.25, 0.3) is 5.91 Å². The molecule has 0 aliphatic heterocycles. The molecule has 134 valence electrons. The van der Waals surface area contributed by atoms with E-state index in [1.54, 1.807) is 20.9 Å². The maximum absolute atomic E-state index is 12.5. The van der Waals surface area contributed by atoms with E-state index in [1.807, 2.05) is 0 Å². The minimum absolute atomic E-state index is 0.116. The van der Waals surface area contributed by atoms with E-state index in [-0.39, 0.29) is 18.4 Å². The Labute approximate surface area is 139 Å². The zero-order valence-electron chi connectivity index (χ0n) is 14.0. The third kappa shape index (κ3) is 6.57. The lowest BCUT2D eigenvalue weighted by Gasteiger charge is -2.17. The molecule has 0 radical (unpaired) electrons. The number of quaternary nitrogens is 1. The molecular formula is C16H23F3N3O2+. The zero-order chi connectivity index (χ0) is 18.3. The lowest BCUT2D eigenvalue weighted by Crippen LogP contribution is -3.09. The molecule has 0 saturated carbocycles. The van der Waals surface area contributed by atoms with Gasteiger partial charge in [0.05, 0.1) is 12.6 Å². The maximum atomic E-state index is 12.5. The Hall–Kier alpha value is -2.09. The standard InChI is InChI=1S/C16H22F3N3O2/c1-4-20-15(24)11(2)21-14(23)10-22(3)9-12-5-7-13(8-6-12)16(17,18)19/h5-8,11H,4,9-10H2,1-3H3,(H,20,24)(H,21,23)/p+1/t11-/m1/s1. The van der Waals surface area contributed by atoms with E-state index in [2.05, 4.69) is 10.6 Å². The van der Waals surface area contributed by atoms with Crippen molar-refractivity contribution in [2.45, 2.75) is 32.6 Å². The second kappa shape index (κ2) is 8.68. The fourth-order valence-electron chi connectivity index (χ4n) is 2.18. The third-order valence-electron chi connectivity index (χ3n) is 3.37. The lowest BCUT2D eigenvalue weighted by atomic mass is 10.1. The van der Waals surface area contributed by atoms with Crippen LogP contribution in [-0.2, 0) is 22.3 Å². The molecule has 8 heteroatoms. The second-order valence-corrected chi connectivity index (χ2v) is 5.69. The number of likely N-dealkylation sites (N-methyl/N-ethyl adjacent to an activating group) is 2. The Morgan fingerprint density at radius 1 is 1.21 bits per heavy atom. The smallest absolute Gasteiger partial charge is 0.355 e. The van der Waals surface area contributed by atoms with Crippen LogP contribution in [0.3, 0.4) is 0 Å². The van der Waals surface area contributed by atoms with Crippen LogP contribution in [0.5, 0.6) is 0 Å². The Kier molecular flexibility index (Phi) is 7.21. The Bertz CT molecular complexity index is 559. The van der Waals surface area contributed by atoms with Crippen LogP contribution in [0.4, 0.5) is 13.2 Å². The molecule has 0 aromatic heterocycles. The van der Waals surface area contributed by atoms with Crippen molar-refractivity contribution < 1.29 is 27.7 Å². The van der Waals surface area contributed by atoms with E-state index in [9.17, 15) is 22.8 Å². The molecule has 0 spiro atoms. The van der Waals surface area contributed by atoms with E-state index < -0.39 is 17.8 Å². The second-order valence-electron chi connectivity index (χ2n) is 5.69. The lowest BCUT2D eigenvalue weighted by molar-refractivity contribution is -0.885. The summed E-state index contributed by atoms with van der Waals surface area (Å²) in [6.07, 6.45) is -4.35. The number of halogens is 3. The minimum Gasteiger partial charge on any atom is -0.355 e. The number of rotatable bonds is 7. The number of hydrogen-bond donors (Lipinski definition) is 3. The van der Waals surface area contributed by atoms with Gasteiger partial charge in [0.15, 0.2) is 6.54 Å². The van der Waals surface area contributed by atoms with Gasteiger partial charge in [0.1, 0.15) is 12.6 Å². The average molecular weight is 346 g/mol.